The highest BCUT2D eigenvalue weighted by Gasteiger charge is 2.69. The third-order valence-electron chi connectivity index (χ3n) is 5.36. The average Bonchev–Trinajstić information content (AvgIpc) is 2.88. The van der Waals surface area contributed by atoms with Gasteiger partial charge < -0.3 is 0 Å². The summed E-state index contributed by atoms with van der Waals surface area (Å²) in [6, 6.07) is 6.99. The van der Waals surface area contributed by atoms with Crippen molar-refractivity contribution in [1.82, 2.24) is 0 Å². The highest BCUT2D eigenvalue weighted by atomic mass is 14.7. The van der Waals surface area contributed by atoms with Gasteiger partial charge in [-0.25, -0.2) is 0 Å². The molecule has 3 nitrogen and oxygen atoms in total. The van der Waals surface area contributed by atoms with E-state index in [-0.39, 0.29) is 22.7 Å². The van der Waals surface area contributed by atoms with Crippen molar-refractivity contribution < 1.29 is 0 Å². The molecule has 84 valence electrons. The van der Waals surface area contributed by atoms with E-state index in [9.17, 15) is 15.8 Å². The second-order valence-electron chi connectivity index (χ2n) is 5.57. The number of hydrogen-bond donors (Lipinski definition) is 0. The fourth-order valence-electron chi connectivity index (χ4n) is 4.73. The Balaban J connectivity index is 2.16. The smallest absolute Gasteiger partial charge is 0.0949 e. The van der Waals surface area contributed by atoms with Crippen molar-refractivity contribution in [2.75, 3.05) is 0 Å². The molecule has 0 amide bonds. The second-order valence-corrected chi connectivity index (χ2v) is 5.57. The van der Waals surface area contributed by atoms with Gasteiger partial charge in [-0.05, 0) is 25.7 Å². The predicted molar refractivity (Wildman–Crippen MR) is 59.9 cm³/mol. The molecule has 0 N–H and O–H groups in total. The van der Waals surface area contributed by atoms with Crippen molar-refractivity contribution in [3.63, 3.8) is 0 Å². The van der Waals surface area contributed by atoms with Gasteiger partial charge in [0.25, 0.3) is 0 Å². The minimum absolute atomic E-state index is 0.0901. The molecule has 3 heteroatoms. The summed E-state index contributed by atoms with van der Waals surface area (Å²) < 4.78 is 0. The van der Waals surface area contributed by atoms with Crippen molar-refractivity contribution in [2.24, 2.45) is 22.7 Å². The predicted octanol–water partition coefficient (Wildman–Crippen LogP) is 2.68. The van der Waals surface area contributed by atoms with Crippen molar-refractivity contribution >= 4 is 0 Å². The molecular formula is C14H13N3. The van der Waals surface area contributed by atoms with Gasteiger partial charge in [0.2, 0.25) is 0 Å². The topological polar surface area (TPSA) is 71.4 Å². The van der Waals surface area contributed by atoms with Crippen LogP contribution in [0.15, 0.2) is 11.6 Å². The number of nitrogens with zero attached hydrogens (tertiary/aromatic N) is 3. The van der Waals surface area contributed by atoms with Gasteiger partial charge in [0.1, 0.15) is 0 Å². The molecule has 2 saturated carbocycles. The summed E-state index contributed by atoms with van der Waals surface area (Å²) in [6.07, 6.45) is 6.66. The van der Waals surface area contributed by atoms with Gasteiger partial charge in [-0.1, -0.05) is 12.5 Å². The van der Waals surface area contributed by atoms with Crippen LogP contribution in [0, 0.1) is 56.7 Å². The highest BCUT2D eigenvalue weighted by Crippen LogP contribution is 2.74. The maximum absolute atomic E-state index is 9.40. The number of hydrogen-bond acceptors (Lipinski definition) is 3. The van der Waals surface area contributed by atoms with Gasteiger partial charge >= 0.3 is 0 Å². The third-order valence-corrected chi connectivity index (χ3v) is 5.36. The molecule has 0 aromatic heterocycles. The number of rotatable bonds is 0. The molecule has 0 aromatic rings. The summed E-state index contributed by atoms with van der Waals surface area (Å²) in [6.45, 7) is 0. The maximum atomic E-state index is 9.40. The Labute approximate surface area is 101 Å². The van der Waals surface area contributed by atoms with Crippen LogP contribution in [0.5, 0.6) is 0 Å². The van der Waals surface area contributed by atoms with Crippen LogP contribution in [0.3, 0.4) is 0 Å². The Morgan fingerprint density at radius 2 is 2.00 bits per heavy atom. The molecule has 0 aromatic carbocycles. The lowest BCUT2D eigenvalue weighted by atomic mass is 9.64. The zero-order valence-electron chi connectivity index (χ0n) is 9.61. The van der Waals surface area contributed by atoms with Crippen molar-refractivity contribution in [1.29, 1.82) is 15.8 Å². The fourth-order valence-corrected chi connectivity index (χ4v) is 4.73. The first kappa shape index (κ1) is 10.4. The lowest BCUT2D eigenvalue weighted by Crippen LogP contribution is -2.33. The molecule has 0 saturated heterocycles. The first-order valence-corrected chi connectivity index (χ1v) is 6.14. The minimum atomic E-state index is -0.183. The normalized spacial score (nSPS) is 46.3. The molecule has 0 bridgehead atoms. The van der Waals surface area contributed by atoms with E-state index in [2.05, 4.69) is 18.2 Å². The number of allylic oxidation sites excluding steroid dienone is 2. The van der Waals surface area contributed by atoms with Crippen LogP contribution in [0.4, 0.5) is 0 Å². The molecule has 0 aliphatic heterocycles. The van der Waals surface area contributed by atoms with Crippen molar-refractivity contribution in [3.05, 3.63) is 11.6 Å². The van der Waals surface area contributed by atoms with Gasteiger partial charge in [0.05, 0.1) is 30.0 Å². The monoisotopic (exact) mass is 223 g/mol. The quantitative estimate of drug-likeness (QED) is 0.633. The van der Waals surface area contributed by atoms with Crippen LogP contribution in [0.2, 0.25) is 0 Å². The Bertz CT molecular complexity index is 527. The zero-order valence-corrected chi connectivity index (χ0v) is 9.61. The second kappa shape index (κ2) is 3.12. The Morgan fingerprint density at radius 3 is 2.65 bits per heavy atom. The molecular weight excluding hydrogens is 210 g/mol. The molecule has 2 fully saturated rings. The van der Waals surface area contributed by atoms with Crippen LogP contribution in [0.25, 0.3) is 0 Å². The summed E-state index contributed by atoms with van der Waals surface area (Å²) in [5.41, 5.74) is 0.628. The van der Waals surface area contributed by atoms with E-state index >= 15 is 0 Å². The van der Waals surface area contributed by atoms with E-state index < -0.39 is 0 Å². The van der Waals surface area contributed by atoms with Gasteiger partial charge in [0.15, 0.2) is 0 Å². The first-order chi connectivity index (χ1) is 8.24. The summed E-state index contributed by atoms with van der Waals surface area (Å²) in [5.74, 6) is -0.366. The lowest BCUT2D eigenvalue weighted by Gasteiger charge is -2.36. The molecule has 0 radical (unpaired) electrons. The van der Waals surface area contributed by atoms with Crippen molar-refractivity contribution in [3.8, 4) is 18.2 Å². The average molecular weight is 223 g/mol. The van der Waals surface area contributed by atoms with Crippen LogP contribution < -0.4 is 0 Å². The minimum Gasteiger partial charge on any atom is -0.198 e. The van der Waals surface area contributed by atoms with Gasteiger partial charge in [-0.2, -0.15) is 15.8 Å². The summed E-state index contributed by atoms with van der Waals surface area (Å²) in [5, 5.41) is 27.9. The van der Waals surface area contributed by atoms with Gasteiger partial charge in [-0.3, -0.25) is 0 Å². The molecule has 4 unspecified atom stereocenters. The van der Waals surface area contributed by atoms with Crippen LogP contribution in [-0.2, 0) is 0 Å². The van der Waals surface area contributed by atoms with E-state index in [1.807, 2.05) is 6.08 Å². The Hall–Kier alpha value is -1.79. The van der Waals surface area contributed by atoms with Gasteiger partial charge in [0, 0.05) is 16.4 Å². The van der Waals surface area contributed by atoms with Crippen LogP contribution in [-0.4, -0.2) is 0 Å². The largest absolute Gasteiger partial charge is 0.198 e. The zero-order chi connectivity index (χ0) is 12.1. The van der Waals surface area contributed by atoms with Gasteiger partial charge in [-0.15, -0.1) is 0 Å². The lowest BCUT2D eigenvalue weighted by molar-refractivity contribution is 0.149. The Morgan fingerprint density at radius 1 is 1.18 bits per heavy atom. The molecule has 0 heterocycles. The first-order valence-electron chi connectivity index (χ1n) is 6.14. The fraction of sp³-hybridized carbons (Fsp3) is 0.643. The Kier molecular flexibility index (Phi) is 1.90. The molecule has 3 aliphatic rings. The standard InChI is InChI=1S/C14H13N3/c15-7-10-6-14-4-1-3-13(14,12(10)9-17)5-2-11(14)8-16/h2,10,12H,1,3-6H2. The van der Waals surface area contributed by atoms with Crippen LogP contribution >= 0.6 is 0 Å². The summed E-state index contributed by atoms with van der Waals surface area (Å²) in [4.78, 5) is 0. The number of nitriles is 3. The highest BCUT2D eigenvalue weighted by molar-refractivity contribution is 5.44. The molecule has 3 aliphatic carbocycles. The van der Waals surface area contributed by atoms with E-state index in [1.165, 1.54) is 0 Å². The molecule has 0 spiro atoms. The summed E-state index contributed by atoms with van der Waals surface area (Å²) in [7, 11) is 0. The van der Waals surface area contributed by atoms with E-state index in [4.69, 9.17) is 0 Å². The summed E-state index contributed by atoms with van der Waals surface area (Å²) >= 11 is 0. The molecule has 17 heavy (non-hydrogen) atoms. The van der Waals surface area contributed by atoms with E-state index in [0.717, 1.165) is 37.7 Å². The van der Waals surface area contributed by atoms with E-state index in [1.54, 1.807) is 0 Å². The van der Waals surface area contributed by atoms with E-state index in [0.29, 0.717) is 0 Å². The molecule has 4 atom stereocenters. The maximum Gasteiger partial charge on any atom is 0.0949 e. The third kappa shape index (κ3) is 0.911. The molecule has 3 rings (SSSR count). The van der Waals surface area contributed by atoms with Crippen molar-refractivity contribution in [2.45, 2.75) is 32.1 Å². The SMILES string of the molecule is N#CC1=CCC23CCCC12CC(C#N)C3C#N. The van der Waals surface area contributed by atoms with Crippen LogP contribution in [0.1, 0.15) is 32.1 Å².